The SMILES string of the molecule is O=C1CCCSCO1. The van der Waals surface area contributed by atoms with E-state index in [2.05, 4.69) is 0 Å². The first-order valence-electron chi connectivity index (χ1n) is 2.63. The van der Waals surface area contributed by atoms with Gasteiger partial charge in [-0.3, -0.25) is 4.79 Å². The van der Waals surface area contributed by atoms with Crippen molar-refractivity contribution in [3.63, 3.8) is 0 Å². The van der Waals surface area contributed by atoms with Gasteiger partial charge in [0.05, 0.1) is 0 Å². The molecule has 0 aromatic heterocycles. The molecule has 1 aliphatic heterocycles. The van der Waals surface area contributed by atoms with Gasteiger partial charge in [0.1, 0.15) is 5.94 Å². The Morgan fingerprint density at radius 1 is 1.62 bits per heavy atom. The number of carbonyl (C=O) groups excluding carboxylic acids is 1. The molecule has 46 valence electrons. The fraction of sp³-hybridized carbons (Fsp3) is 0.800. The second-order valence-corrected chi connectivity index (χ2v) is 2.70. The Morgan fingerprint density at radius 3 is 3.38 bits per heavy atom. The smallest absolute Gasteiger partial charge is 0.306 e. The Morgan fingerprint density at radius 2 is 2.50 bits per heavy atom. The van der Waals surface area contributed by atoms with Crippen LogP contribution in [-0.2, 0) is 9.53 Å². The average molecular weight is 132 g/mol. The topological polar surface area (TPSA) is 26.3 Å². The summed E-state index contributed by atoms with van der Waals surface area (Å²) in [7, 11) is 0. The maximum Gasteiger partial charge on any atom is 0.306 e. The van der Waals surface area contributed by atoms with Crippen LogP contribution in [0.4, 0.5) is 0 Å². The van der Waals surface area contributed by atoms with Gasteiger partial charge in [0.25, 0.3) is 0 Å². The number of ether oxygens (including phenoxy) is 1. The van der Waals surface area contributed by atoms with Gasteiger partial charge in [-0.25, -0.2) is 0 Å². The highest BCUT2D eigenvalue weighted by atomic mass is 32.2. The second-order valence-electron chi connectivity index (χ2n) is 1.65. The van der Waals surface area contributed by atoms with E-state index in [9.17, 15) is 4.79 Å². The molecule has 0 aromatic rings. The molecule has 3 heteroatoms. The van der Waals surface area contributed by atoms with Gasteiger partial charge < -0.3 is 4.74 Å². The normalized spacial score (nSPS) is 21.8. The maximum atomic E-state index is 10.4. The van der Waals surface area contributed by atoms with Gasteiger partial charge in [-0.05, 0) is 12.2 Å². The van der Waals surface area contributed by atoms with E-state index in [-0.39, 0.29) is 5.97 Å². The summed E-state index contributed by atoms with van der Waals surface area (Å²) in [6, 6.07) is 0. The van der Waals surface area contributed by atoms with Gasteiger partial charge in [-0.2, -0.15) is 0 Å². The van der Waals surface area contributed by atoms with E-state index in [1.54, 1.807) is 11.8 Å². The summed E-state index contributed by atoms with van der Waals surface area (Å²) in [4.78, 5) is 10.4. The van der Waals surface area contributed by atoms with Crippen LogP contribution in [0, 0.1) is 0 Å². The predicted molar refractivity (Wildman–Crippen MR) is 32.7 cm³/mol. The zero-order chi connectivity index (χ0) is 5.82. The highest BCUT2D eigenvalue weighted by Crippen LogP contribution is 2.10. The molecule has 0 bridgehead atoms. The molecule has 0 N–H and O–H groups in total. The van der Waals surface area contributed by atoms with Crippen LogP contribution in [0.2, 0.25) is 0 Å². The van der Waals surface area contributed by atoms with E-state index in [4.69, 9.17) is 4.74 Å². The summed E-state index contributed by atoms with van der Waals surface area (Å²) >= 11 is 1.68. The van der Waals surface area contributed by atoms with Crippen LogP contribution in [0.5, 0.6) is 0 Å². The lowest BCUT2D eigenvalue weighted by Gasteiger charge is -1.93. The first-order chi connectivity index (χ1) is 3.89. The molecular formula is C5H8O2S. The van der Waals surface area contributed by atoms with Gasteiger partial charge in [0.15, 0.2) is 0 Å². The Bertz CT molecular complexity index is 82.4. The van der Waals surface area contributed by atoms with Crippen LogP contribution in [0.25, 0.3) is 0 Å². The lowest BCUT2D eigenvalue weighted by molar-refractivity contribution is -0.141. The summed E-state index contributed by atoms with van der Waals surface area (Å²) in [5.41, 5.74) is 0. The minimum Gasteiger partial charge on any atom is -0.455 e. The number of rotatable bonds is 0. The van der Waals surface area contributed by atoms with Crippen molar-refractivity contribution in [1.82, 2.24) is 0 Å². The first-order valence-corrected chi connectivity index (χ1v) is 3.78. The van der Waals surface area contributed by atoms with Gasteiger partial charge in [0, 0.05) is 6.42 Å². The predicted octanol–water partition coefficient (Wildman–Crippen LogP) is 1.01. The van der Waals surface area contributed by atoms with Crippen LogP contribution in [0.3, 0.4) is 0 Å². The summed E-state index contributed by atoms with van der Waals surface area (Å²) in [5, 5.41) is 0. The summed E-state index contributed by atoms with van der Waals surface area (Å²) < 4.78 is 4.73. The standard InChI is InChI=1S/C5H8O2S/c6-5-2-1-3-8-4-7-5/h1-4H2. The van der Waals surface area contributed by atoms with Crippen molar-refractivity contribution < 1.29 is 9.53 Å². The Balaban J connectivity index is 2.27. The lowest BCUT2D eigenvalue weighted by Crippen LogP contribution is -1.99. The molecule has 1 heterocycles. The Hall–Kier alpha value is -0.180. The Kier molecular flexibility index (Phi) is 2.21. The third kappa shape index (κ3) is 1.74. The third-order valence-electron chi connectivity index (χ3n) is 0.973. The molecule has 1 fully saturated rings. The monoisotopic (exact) mass is 132 g/mol. The molecule has 1 rings (SSSR count). The molecule has 1 aliphatic rings. The summed E-state index contributed by atoms with van der Waals surface area (Å²) in [6.07, 6.45) is 1.58. The minimum atomic E-state index is -0.0463. The fourth-order valence-corrected chi connectivity index (χ4v) is 1.24. The number of hydrogen-bond donors (Lipinski definition) is 0. The minimum absolute atomic E-state index is 0.0463. The first kappa shape index (κ1) is 5.95. The molecule has 0 aromatic carbocycles. The lowest BCUT2D eigenvalue weighted by atomic mass is 10.3. The van der Waals surface area contributed by atoms with Crippen molar-refractivity contribution in [2.75, 3.05) is 11.7 Å². The maximum absolute atomic E-state index is 10.4. The van der Waals surface area contributed by atoms with E-state index in [1.807, 2.05) is 0 Å². The molecular weight excluding hydrogens is 124 g/mol. The largest absolute Gasteiger partial charge is 0.455 e. The van der Waals surface area contributed by atoms with E-state index >= 15 is 0 Å². The van der Waals surface area contributed by atoms with E-state index in [1.165, 1.54) is 0 Å². The van der Waals surface area contributed by atoms with Crippen molar-refractivity contribution in [2.24, 2.45) is 0 Å². The number of esters is 1. The van der Waals surface area contributed by atoms with Crippen molar-refractivity contribution in [3.05, 3.63) is 0 Å². The van der Waals surface area contributed by atoms with E-state index < -0.39 is 0 Å². The number of carbonyl (C=O) groups is 1. The Labute approximate surface area is 52.6 Å². The van der Waals surface area contributed by atoms with Crippen LogP contribution in [0.1, 0.15) is 12.8 Å². The molecule has 0 saturated carbocycles. The summed E-state index contributed by atoms with van der Waals surface area (Å²) in [6.45, 7) is 0. The van der Waals surface area contributed by atoms with Crippen molar-refractivity contribution in [3.8, 4) is 0 Å². The fourth-order valence-electron chi connectivity index (χ4n) is 0.557. The second kappa shape index (κ2) is 2.97. The molecule has 2 nitrogen and oxygen atoms in total. The van der Waals surface area contributed by atoms with E-state index in [0.717, 1.165) is 12.2 Å². The van der Waals surface area contributed by atoms with Crippen molar-refractivity contribution in [1.29, 1.82) is 0 Å². The molecule has 0 spiro atoms. The average Bonchev–Trinajstić information content (AvgIpc) is 1.94. The van der Waals surface area contributed by atoms with Gasteiger partial charge in [-0.15, -0.1) is 11.8 Å². The molecule has 0 atom stereocenters. The van der Waals surface area contributed by atoms with Crippen LogP contribution in [0.15, 0.2) is 0 Å². The third-order valence-corrected chi connectivity index (χ3v) is 1.83. The molecule has 8 heavy (non-hydrogen) atoms. The van der Waals surface area contributed by atoms with E-state index in [0.29, 0.717) is 12.4 Å². The molecule has 0 aliphatic carbocycles. The number of thioether (sulfide) groups is 1. The zero-order valence-corrected chi connectivity index (χ0v) is 5.37. The van der Waals surface area contributed by atoms with Crippen LogP contribution >= 0.6 is 11.8 Å². The highest BCUT2D eigenvalue weighted by molar-refractivity contribution is 7.99. The van der Waals surface area contributed by atoms with Gasteiger partial charge >= 0.3 is 5.97 Å². The quantitative estimate of drug-likeness (QED) is 0.460. The molecule has 0 unspecified atom stereocenters. The van der Waals surface area contributed by atoms with Crippen LogP contribution < -0.4 is 0 Å². The van der Waals surface area contributed by atoms with Crippen molar-refractivity contribution >= 4 is 17.7 Å². The summed E-state index contributed by atoms with van der Waals surface area (Å²) in [5.74, 6) is 1.57. The van der Waals surface area contributed by atoms with Crippen molar-refractivity contribution in [2.45, 2.75) is 12.8 Å². The van der Waals surface area contributed by atoms with Gasteiger partial charge in [0.2, 0.25) is 0 Å². The molecule has 1 saturated heterocycles. The number of hydrogen-bond acceptors (Lipinski definition) is 3. The van der Waals surface area contributed by atoms with Crippen LogP contribution in [-0.4, -0.2) is 17.7 Å². The number of cyclic esters (lactones) is 1. The molecule has 0 amide bonds. The zero-order valence-electron chi connectivity index (χ0n) is 4.55. The highest BCUT2D eigenvalue weighted by Gasteiger charge is 2.05. The van der Waals surface area contributed by atoms with Gasteiger partial charge in [-0.1, -0.05) is 0 Å². The molecule has 0 radical (unpaired) electrons.